The third-order valence-electron chi connectivity index (χ3n) is 3.47. The van der Waals surface area contributed by atoms with Crippen LogP contribution in [0.5, 0.6) is 0 Å². The Morgan fingerprint density at radius 3 is 2.61 bits per heavy atom. The molecule has 98 valence electrons. The van der Waals surface area contributed by atoms with Crippen LogP contribution in [0, 0.1) is 3.57 Å². The molecule has 0 radical (unpaired) electrons. The number of aliphatic hydroxyl groups excluding tert-OH is 1. The highest BCUT2D eigenvalue weighted by atomic mass is 127. The first kappa shape index (κ1) is 13.8. The van der Waals surface area contributed by atoms with Gasteiger partial charge in [-0.15, -0.1) is 0 Å². The van der Waals surface area contributed by atoms with Gasteiger partial charge in [-0.3, -0.25) is 4.79 Å². The van der Waals surface area contributed by atoms with Crippen molar-refractivity contribution in [1.82, 2.24) is 4.90 Å². The highest BCUT2D eigenvalue weighted by Crippen LogP contribution is 2.25. The maximum atomic E-state index is 12.6. The van der Waals surface area contributed by atoms with Crippen LogP contribution in [-0.2, 0) is 0 Å². The van der Waals surface area contributed by atoms with Crippen LogP contribution in [0.1, 0.15) is 36.0 Å². The molecule has 0 heterocycles. The molecule has 2 rings (SSSR count). The largest absolute Gasteiger partial charge is 0.395 e. The Balaban J connectivity index is 2.20. The first-order chi connectivity index (χ1) is 8.74. The van der Waals surface area contributed by atoms with Gasteiger partial charge >= 0.3 is 0 Å². The van der Waals surface area contributed by atoms with Gasteiger partial charge in [0.15, 0.2) is 0 Å². The second-order valence-corrected chi connectivity index (χ2v) is 5.80. The van der Waals surface area contributed by atoms with Crippen LogP contribution >= 0.6 is 22.6 Å². The van der Waals surface area contributed by atoms with Crippen molar-refractivity contribution in [3.05, 3.63) is 33.4 Å². The molecule has 1 aromatic rings. The lowest BCUT2D eigenvalue weighted by Crippen LogP contribution is -2.41. The molecule has 3 nitrogen and oxygen atoms in total. The fourth-order valence-electron chi connectivity index (χ4n) is 2.56. The van der Waals surface area contributed by atoms with E-state index in [1.54, 1.807) is 0 Å². The summed E-state index contributed by atoms with van der Waals surface area (Å²) in [5.41, 5.74) is 0.749. The molecule has 18 heavy (non-hydrogen) atoms. The van der Waals surface area contributed by atoms with Gasteiger partial charge in [0.1, 0.15) is 0 Å². The highest BCUT2D eigenvalue weighted by Gasteiger charge is 2.27. The number of hydrogen-bond donors (Lipinski definition) is 1. The van der Waals surface area contributed by atoms with Crippen LogP contribution in [0.2, 0.25) is 0 Å². The molecule has 1 aromatic carbocycles. The predicted molar refractivity (Wildman–Crippen MR) is 79.5 cm³/mol. The maximum Gasteiger partial charge on any atom is 0.255 e. The van der Waals surface area contributed by atoms with Gasteiger partial charge in [-0.1, -0.05) is 25.0 Å². The Morgan fingerprint density at radius 1 is 1.33 bits per heavy atom. The van der Waals surface area contributed by atoms with Gasteiger partial charge in [0.05, 0.1) is 12.2 Å². The number of carbonyl (C=O) groups excluding carboxylic acids is 1. The summed E-state index contributed by atoms with van der Waals surface area (Å²) < 4.78 is 0.973. The number of nitrogens with zero attached hydrogens (tertiary/aromatic N) is 1. The van der Waals surface area contributed by atoms with Crippen LogP contribution in [0.4, 0.5) is 0 Å². The van der Waals surface area contributed by atoms with E-state index in [9.17, 15) is 4.79 Å². The van der Waals surface area contributed by atoms with Crippen LogP contribution in [0.25, 0.3) is 0 Å². The van der Waals surface area contributed by atoms with Crippen molar-refractivity contribution < 1.29 is 9.90 Å². The lowest BCUT2D eigenvalue weighted by molar-refractivity contribution is 0.0637. The van der Waals surface area contributed by atoms with Crippen molar-refractivity contribution in [3.63, 3.8) is 0 Å². The van der Waals surface area contributed by atoms with Crippen molar-refractivity contribution in [2.24, 2.45) is 0 Å². The number of benzene rings is 1. The zero-order valence-electron chi connectivity index (χ0n) is 10.3. The van der Waals surface area contributed by atoms with Gasteiger partial charge < -0.3 is 10.0 Å². The second-order valence-electron chi connectivity index (χ2n) is 4.64. The third-order valence-corrected chi connectivity index (χ3v) is 4.41. The van der Waals surface area contributed by atoms with E-state index >= 15 is 0 Å². The van der Waals surface area contributed by atoms with Crippen molar-refractivity contribution in [2.75, 3.05) is 13.2 Å². The number of aliphatic hydroxyl groups is 1. The van der Waals surface area contributed by atoms with Gasteiger partial charge in [0.25, 0.3) is 5.91 Å². The minimum Gasteiger partial charge on any atom is -0.395 e. The first-order valence-corrected chi connectivity index (χ1v) is 7.48. The number of rotatable bonds is 4. The first-order valence-electron chi connectivity index (χ1n) is 6.40. The minimum absolute atomic E-state index is 0.0334. The number of halogens is 1. The molecular weight excluding hydrogens is 341 g/mol. The molecule has 1 saturated carbocycles. The minimum atomic E-state index is 0.0334. The average Bonchev–Trinajstić information content (AvgIpc) is 2.89. The summed E-state index contributed by atoms with van der Waals surface area (Å²) in [6.45, 7) is 0.472. The Bertz CT molecular complexity index is 416. The normalized spacial score (nSPS) is 15.9. The van der Waals surface area contributed by atoms with E-state index in [4.69, 9.17) is 5.11 Å². The summed E-state index contributed by atoms with van der Waals surface area (Å²) in [6.07, 6.45) is 4.50. The van der Waals surface area contributed by atoms with Crippen LogP contribution in [0.15, 0.2) is 24.3 Å². The molecule has 4 heteroatoms. The van der Waals surface area contributed by atoms with E-state index in [1.807, 2.05) is 29.2 Å². The van der Waals surface area contributed by atoms with Crippen molar-refractivity contribution >= 4 is 28.5 Å². The van der Waals surface area contributed by atoms with Gasteiger partial charge in [-0.25, -0.2) is 0 Å². The van der Waals surface area contributed by atoms with Gasteiger partial charge in [-0.05, 0) is 47.6 Å². The molecule has 0 aliphatic heterocycles. The zero-order valence-corrected chi connectivity index (χ0v) is 12.5. The molecule has 1 aliphatic rings. The van der Waals surface area contributed by atoms with Gasteiger partial charge in [0.2, 0.25) is 0 Å². The quantitative estimate of drug-likeness (QED) is 0.840. The van der Waals surface area contributed by atoms with E-state index < -0.39 is 0 Å². The van der Waals surface area contributed by atoms with Crippen molar-refractivity contribution in [1.29, 1.82) is 0 Å². The molecule has 0 aromatic heterocycles. The number of carbonyl (C=O) groups is 1. The summed E-state index contributed by atoms with van der Waals surface area (Å²) in [5.74, 6) is 0.0564. The molecule has 1 fully saturated rings. The fraction of sp³-hybridized carbons (Fsp3) is 0.500. The topological polar surface area (TPSA) is 40.5 Å². The molecule has 0 unspecified atom stereocenters. The molecule has 0 spiro atoms. The Morgan fingerprint density at radius 2 is 2.00 bits per heavy atom. The van der Waals surface area contributed by atoms with Gasteiger partial charge in [-0.2, -0.15) is 0 Å². The summed E-state index contributed by atoms with van der Waals surface area (Å²) >= 11 is 2.19. The molecule has 1 aliphatic carbocycles. The molecule has 0 bridgehead atoms. The SMILES string of the molecule is O=C(c1ccccc1I)N(CCO)C1CCCC1. The van der Waals surface area contributed by atoms with Gasteiger partial charge in [0, 0.05) is 16.2 Å². The lowest BCUT2D eigenvalue weighted by atomic mass is 10.1. The lowest BCUT2D eigenvalue weighted by Gasteiger charge is -2.28. The van der Waals surface area contributed by atoms with E-state index in [2.05, 4.69) is 22.6 Å². The molecule has 1 amide bonds. The monoisotopic (exact) mass is 359 g/mol. The van der Waals surface area contributed by atoms with E-state index in [0.717, 1.165) is 22.0 Å². The van der Waals surface area contributed by atoms with Crippen LogP contribution in [0.3, 0.4) is 0 Å². The molecule has 0 atom stereocenters. The fourth-order valence-corrected chi connectivity index (χ4v) is 3.18. The molecule has 1 N–H and O–H groups in total. The standard InChI is InChI=1S/C14H18INO2/c15-13-8-4-3-7-12(13)14(18)16(9-10-17)11-5-1-2-6-11/h3-4,7-8,11,17H,1-2,5-6,9-10H2. The van der Waals surface area contributed by atoms with Crippen molar-refractivity contribution in [3.8, 4) is 0 Å². The van der Waals surface area contributed by atoms with Crippen LogP contribution in [-0.4, -0.2) is 35.1 Å². The summed E-state index contributed by atoms with van der Waals surface area (Å²) in [4.78, 5) is 14.4. The summed E-state index contributed by atoms with van der Waals surface area (Å²) in [6, 6.07) is 7.94. The summed E-state index contributed by atoms with van der Waals surface area (Å²) in [5, 5.41) is 9.17. The predicted octanol–water partition coefficient (Wildman–Crippen LogP) is 2.67. The number of amides is 1. The second kappa shape index (κ2) is 6.52. The van der Waals surface area contributed by atoms with E-state index in [0.29, 0.717) is 12.6 Å². The zero-order chi connectivity index (χ0) is 13.0. The average molecular weight is 359 g/mol. The molecular formula is C14H18INO2. The Hall–Kier alpha value is -0.620. The number of hydrogen-bond acceptors (Lipinski definition) is 2. The third kappa shape index (κ3) is 3.03. The maximum absolute atomic E-state index is 12.6. The van der Waals surface area contributed by atoms with Crippen molar-refractivity contribution in [2.45, 2.75) is 31.7 Å². The van der Waals surface area contributed by atoms with E-state index in [-0.39, 0.29) is 12.5 Å². The molecule has 0 saturated heterocycles. The van der Waals surface area contributed by atoms with E-state index in [1.165, 1.54) is 12.8 Å². The summed E-state index contributed by atoms with van der Waals surface area (Å²) in [7, 11) is 0. The van der Waals surface area contributed by atoms with Crippen LogP contribution < -0.4 is 0 Å². The smallest absolute Gasteiger partial charge is 0.255 e. The Kier molecular flexibility index (Phi) is 5.00. The highest BCUT2D eigenvalue weighted by molar-refractivity contribution is 14.1. The Labute approximate surface area is 121 Å².